The first kappa shape index (κ1) is 18.4. The molecule has 0 spiro atoms. The number of rotatable bonds is 6. The van der Waals surface area contributed by atoms with E-state index in [4.69, 9.17) is 0 Å². The van der Waals surface area contributed by atoms with Gasteiger partial charge >= 0.3 is 11.8 Å². The van der Waals surface area contributed by atoms with Crippen molar-refractivity contribution in [3.05, 3.63) is 72.6 Å². The zero-order valence-corrected chi connectivity index (χ0v) is 15.2. The van der Waals surface area contributed by atoms with E-state index in [1.54, 1.807) is 12.3 Å². The van der Waals surface area contributed by atoms with Gasteiger partial charge in [0.1, 0.15) is 5.82 Å². The molecule has 2 amide bonds. The number of nitrogens with one attached hydrogen (secondary N) is 2. The van der Waals surface area contributed by atoms with Crippen molar-refractivity contribution in [2.45, 2.75) is 19.9 Å². The lowest BCUT2D eigenvalue weighted by Crippen LogP contribution is -2.36. The lowest BCUT2D eigenvalue weighted by molar-refractivity contribution is -0.136. The molecule has 0 atom stereocenters. The lowest BCUT2D eigenvalue weighted by atomic mass is 10.2. The van der Waals surface area contributed by atoms with E-state index in [9.17, 15) is 9.59 Å². The number of hydrogen-bond donors (Lipinski definition) is 2. The van der Waals surface area contributed by atoms with E-state index < -0.39 is 11.8 Å². The van der Waals surface area contributed by atoms with E-state index in [2.05, 4.69) is 15.6 Å². The topological polar surface area (TPSA) is 76.0 Å². The molecule has 3 rings (SSSR count). The van der Waals surface area contributed by atoms with Gasteiger partial charge in [0.15, 0.2) is 0 Å². The molecule has 0 radical (unpaired) electrons. The van der Waals surface area contributed by atoms with E-state index in [1.807, 2.05) is 66.2 Å². The molecule has 0 aliphatic heterocycles. The number of aryl methyl sites for hydroxylation is 2. The third-order valence-corrected chi connectivity index (χ3v) is 4.21. The number of anilines is 1. The maximum atomic E-state index is 12.0. The molecule has 1 aromatic heterocycles. The smallest absolute Gasteiger partial charge is 0.313 e. The van der Waals surface area contributed by atoms with E-state index in [0.29, 0.717) is 25.2 Å². The van der Waals surface area contributed by atoms with Crippen molar-refractivity contribution < 1.29 is 9.59 Å². The Morgan fingerprint density at radius 2 is 1.74 bits per heavy atom. The molecular weight excluding hydrogens is 340 g/mol. The van der Waals surface area contributed by atoms with Crippen molar-refractivity contribution in [3.8, 4) is 11.4 Å². The molecule has 0 aliphatic rings. The fourth-order valence-corrected chi connectivity index (χ4v) is 2.76. The highest BCUT2D eigenvalue weighted by molar-refractivity contribution is 6.39. The van der Waals surface area contributed by atoms with Crippen molar-refractivity contribution in [2.75, 3.05) is 11.9 Å². The number of nitrogens with zero attached hydrogens (tertiary/aromatic N) is 2. The molecule has 0 saturated carbocycles. The van der Waals surface area contributed by atoms with Crippen molar-refractivity contribution in [1.82, 2.24) is 14.9 Å². The molecular formula is C21H22N4O2. The second-order valence-corrected chi connectivity index (χ2v) is 6.19. The summed E-state index contributed by atoms with van der Waals surface area (Å²) in [7, 11) is 0. The van der Waals surface area contributed by atoms with Crippen LogP contribution in [0.15, 0.2) is 67.0 Å². The van der Waals surface area contributed by atoms with Crippen LogP contribution in [0, 0.1) is 6.92 Å². The molecule has 0 aliphatic carbocycles. The number of benzene rings is 2. The number of carbonyl (C=O) groups excluding carboxylic acids is 2. The summed E-state index contributed by atoms with van der Waals surface area (Å²) < 4.78 is 2.04. The van der Waals surface area contributed by atoms with Gasteiger partial charge in [-0.05, 0) is 25.0 Å². The number of aromatic nitrogens is 2. The minimum Gasteiger partial charge on any atom is -0.348 e. The standard InChI is InChI=1S/C21H22N4O2/c1-16-8-5-6-11-18(16)24-21(27)20(26)23-12-7-14-25-15-13-22-19(25)17-9-3-2-4-10-17/h2-6,8-11,13,15H,7,12,14H2,1H3,(H,23,26)(H,24,27). The van der Waals surface area contributed by atoms with Gasteiger partial charge in [-0.3, -0.25) is 9.59 Å². The number of amides is 2. The van der Waals surface area contributed by atoms with Crippen molar-refractivity contribution in [1.29, 1.82) is 0 Å². The molecule has 6 heteroatoms. The Morgan fingerprint density at radius 3 is 2.52 bits per heavy atom. The Labute approximate surface area is 158 Å². The van der Waals surface area contributed by atoms with Gasteiger partial charge in [-0.2, -0.15) is 0 Å². The molecule has 0 bridgehead atoms. The first-order valence-corrected chi connectivity index (χ1v) is 8.86. The summed E-state index contributed by atoms with van der Waals surface area (Å²) in [5.74, 6) is -0.400. The van der Waals surface area contributed by atoms with Crippen LogP contribution in [0.25, 0.3) is 11.4 Å². The SMILES string of the molecule is Cc1ccccc1NC(=O)C(=O)NCCCn1ccnc1-c1ccccc1. The molecule has 0 fully saturated rings. The summed E-state index contributed by atoms with van der Waals surface area (Å²) in [5, 5.41) is 5.29. The van der Waals surface area contributed by atoms with Crippen LogP contribution in [0.2, 0.25) is 0 Å². The highest BCUT2D eigenvalue weighted by Crippen LogP contribution is 2.17. The average molecular weight is 362 g/mol. The first-order valence-electron chi connectivity index (χ1n) is 8.86. The highest BCUT2D eigenvalue weighted by atomic mass is 16.2. The van der Waals surface area contributed by atoms with Crippen LogP contribution in [0.5, 0.6) is 0 Å². The highest BCUT2D eigenvalue weighted by Gasteiger charge is 2.14. The summed E-state index contributed by atoms with van der Waals surface area (Å²) in [5.41, 5.74) is 2.60. The molecule has 1 heterocycles. The van der Waals surface area contributed by atoms with Gasteiger partial charge in [-0.25, -0.2) is 4.98 Å². The lowest BCUT2D eigenvalue weighted by Gasteiger charge is -2.10. The molecule has 138 valence electrons. The van der Waals surface area contributed by atoms with E-state index in [-0.39, 0.29) is 0 Å². The number of imidazole rings is 1. The predicted octanol–water partition coefficient (Wildman–Crippen LogP) is 3.00. The maximum Gasteiger partial charge on any atom is 0.313 e. The van der Waals surface area contributed by atoms with E-state index in [0.717, 1.165) is 17.0 Å². The Kier molecular flexibility index (Phi) is 5.99. The summed E-state index contributed by atoms with van der Waals surface area (Å²) in [6.07, 6.45) is 4.37. The van der Waals surface area contributed by atoms with Crippen LogP contribution >= 0.6 is 0 Å². The molecule has 27 heavy (non-hydrogen) atoms. The summed E-state index contributed by atoms with van der Waals surface area (Å²) in [4.78, 5) is 28.3. The van der Waals surface area contributed by atoms with Gasteiger partial charge in [-0.15, -0.1) is 0 Å². The zero-order valence-electron chi connectivity index (χ0n) is 15.2. The zero-order chi connectivity index (χ0) is 19.1. The fraction of sp³-hybridized carbons (Fsp3) is 0.190. The van der Waals surface area contributed by atoms with Gasteiger partial charge in [0.05, 0.1) is 0 Å². The summed E-state index contributed by atoms with van der Waals surface area (Å²) in [6.45, 7) is 2.99. The van der Waals surface area contributed by atoms with E-state index in [1.165, 1.54) is 0 Å². The number of carbonyl (C=O) groups is 2. The quantitative estimate of drug-likeness (QED) is 0.523. The first-order chi connectivity index (χ1) is 13.1. The molecule has 6 nitrogen and oxygen atoms in total. The summed E-state index contributed by atoms with van der Waals surface area (Å²) in [6, 6.07) is 17.3. The second-order valence-electron chi connectivity index (χ2n) is 6.19. The van der Waals surface area contributed by atoms with Gasteiger partial charge in [0.2, 0.25) is 0 Å². The van der Waals surface area contributed by atoms with Crippen molar-refractivity contribution in [2.24, 2.45) is 0 Å². The minimum absolute atomic E-state index is 0.409. The molecule has 2 N–H and O–H groups in total. The Balaban J connectivity index is 1.47. The van der Waals surface area contributed by atoms with E-state index >= 15 is 0 Å². The average Bonchev–Trinajstić information content (AvgIpc) is 3.16. The largest absolute Gasteiger partial charge is 0.348 e. The monoisotopic (exact) mass is 362 g/mol. The van der Waals surface area contributed by atoms with Crippen molar-refractivity contribution in [3.63, 3.8) is 0 Å². The second kappa shape index (κ2) is 8.80. The maximum absolute atomic E-state index is 12.0. The van der Waals surface area contributed by atoms with Crippen LogP contribution in [-0.2, 0) is 16.1 Å². The van der Waals surface area contributed by atoms with Crippen LogP contribution in [-0.4, -0.2) is 27.9 Å². The third kappa shape index (κ3) is 4.82. The number of hydrogen-bond acceptors (Lipinski definition) is 3. The van der Waals surface area contributed by atoms with Crippen LogP contribution in [0.1, 0.15) is 12.0 Å². The predicted molar refractivity (Wildman–Crippen MR) is 105 cm³/mol. The van der Waals surface area contributed by atoms with Crippen molar-refractivity contribution >= 4 is 17.5 Å². The van der Waals surface area contributed by atoms with Gasteiger partial charge in [0.25, 0.3) is 0 Å². The minimum atomic E-state index is -0.656. The van der Waals surface area contributed by atoms with Gasteiger partial charge in [0, 0.05) is 36.7 Å². The molecule has 2 aromatic carbocycles. The molecule has 0 unspecified atom stereocenters. The van der Waals surface area contributed by atoms with Gasteiger partial charge < -0.3 is 15.2 Å². The number of para-hydroxylation sites is 1. The van der Waals surface area contributed by atoms with Crippen LogP contribution in [0.3, 0.4) is 0 Å². The normalized spacial score (nSPS) is 10.4. The molecule has 0 saturated heterocycles. The van der Waals surface area contributed by atoms with Gasteiger partial charge in [-0.1, -0.05) is 48.5 Å². The van der Waals surface area contributed by atoms with Crippen LogP contribution < -0.4 is 10.6 Å². The molecule has 3 aromatic rings. The Bertz CT molecular complexity index is 919. The Hall–Kier alpha value is -3.41. The fourth-order valence-electron chi connectivity index (χ4n) is 2.76. The third-order valence-electron chi connectivity index (χ3n) is 4.21. The summed E-state index contributed by atoms with van der Waals surface area (Å²) >= 11 is 0. The Morgan fingerprint density at radius 1 is 1.00 bits per heavy atom. The van der Waals surface area contributed by atoms with Crippen LogP contribution in [0.4, 0.5) is 5.69 Å².